The summed E-state index contributed by atoms with van der Waals surface area (Å²) in [6.45, 7) is 1.47. The number of β-amino-alcohol motifs (C(OH)–C–C–N with tert-alkyl or cyclic N) is 1. The molecule has 6 heteroatoms. The lowest BCUT2D eigenvalue weighted by molar-refractivity contribution is 0.0469. The van der Waals surface area contributed by atoms with E-state index in [2.05, 4.69) is 4.98 Å². The smallest absolute Gasteiger partial charge is 0.273 e. The maximum absolute atomic E-state index is 12.0. The first-order chi connectivity index (χ1) is 7.70. The zero-order valence-electron chi connectivity index (χ0n) is 8.93. The second-order valence-electron chi connectivity index (χ2n) is 3.88. The lowest BCUT2D eigenvalue weighted by atomic mass is 10.1. The van der Waals surface area contributed by atoms with Crippen molar-refractivity contribution in [2.24, 2.45) is 5.73 Å². The monoisotopic (exact) mass is 241 g/mol. The Kier molecular flexibility index (Phi) is 3.52. The van der Waals surface area contributed by atoms with Crippen molar-refractivity contribution >= 4 is 17.2 Å². The summed E-state index contributed by atoms with van der Waals surface area (Å²) in [4.78, 5) is 17.8. The largest absolute Gasteiger partial charge is 0.391 e. The predicted octanol–water partition coefficient (Wildman–Crippen LogP) is 0.199. The Hall–Kier alpha value is -0.980. The molecule has 0 saturated carbocycles. The van der Waals surface area contributed by atoms with E-state index >= 15 is 0 Å². The summed E-state index contributed by atoms with van der Waals surface area (Å²) >= 11 is 1.40. The van der Waals surface area contributed by atoms with Crippen LogP contribution < -0.4 is 5.73 Å². The van der Waals surface area contributed by atoms with E-state index < -0.39 is 6.10 Å². The zero-order chi connectivity index (χ0) is 11.5. The molecule has 2 rings (SSSR count). The molecule has 1 aliphatic heterocycles. The molecule has 5 nitrogen and oxygen atoms in total. The van der Waals surface area contributed by atoms with Gasteiger partial charge in [-0.3, -0.25) is 4.79 Å². The molecule has 1 aromatic rings. The van der Waals surface area contributed by atoms with Crippen molar-refractivity contribution in [1.82, 2.24) is 9.88 Å². The molecule has 1 fully saturated rings. The van der Waals surface area contributed by atoms with Crippen molar-refractivity contribution in [3.8, 4) is 0 Å². The van der Waals surface area contributed by atoms with Crippen molar-refractivity contribution in [3.63, 3.8) is 0 Å². The molecule has 0 spiro atoms. The van der Waals surface area contributed by atoms with E-state index in [1.165, 1.54) is 11.3 Å². The predicted molar refractivity (Wildman–Crippen MR) is 61.1 cm³/mol. The molecule has 0 bridgehead atoms. The molecule has 0 radical (unpaired) electrons. The van der Waals surface area contributed by atoms with E-state index in [-0.39, 0.29) is 5.91 Å². The Labute approximate surface area is 97.9 Å². The van der Waals surface area contributed by atoms with Gasteiger partial charge in [-0.25, -0.2) is 4.98 Å². The van der Waals surface area contributed by atoms with Gasteiger partial charge >= 0.3 is 0 Å². The van der Waals surface area contributed by atoms with Crippen LogP contribution in [0.3, 0.4) is 0 Å². The van der Waals surface area contributed by atoms with Crippen LogP contribution in [0.5, 0.6) is 0 Å². The maximum Gasteiger partial charge on any atom is 0.273 e. The van der Waals surface area contributed by atoms with Crippen LogP contribution in [0.4, 0.5) is 0 Å². The Balaban J connectivity index is 2.06. The number of amides is 1. The number of rotatable bonds is 2. The van der Waals surface area contributed by atoms with Gasteiger partial charge in [-0.1, -0.05) is 0 Å². The van der Waals surface area contributed by atoms with E-state index in [0.717, 1.165) is 17.8 Å². The zero-order valence-corrected chi connectivity index (χ0v) is 9.74. The molecular weight excluding hydrogens is 226 g/mol. The second-order valence-corrected chi connectivity index (χ2v) is 4.82. The summed E-state index contributed by atoms with van der Waals surface area (Å²) in [5.41, 5.74) is 5.89. The fraction of sp³-hybridized carbons (Fsp3) is 0.600. The SMILES string of the molecule is NCc1nc(C(=O)N2CCCC(O)C2)cs1. The summed E-state index contributed by atoms with van der Waals surface area (Å²) in [6.07, 6.45) is 1.22. The van der Waals surface area contributed by atoms with E-state index in [4.69, 9.17) is 5.73 Å². The molecule has 2 heterocycles. The summed E-state index contributed by atoms with van der Waals surface area (Å²) in [5, 5.41) is 12.0. The van der Waals surface area contributed by atoms with Crippen LogP contribution in [0.1, 0.15) is 28.3 Å². The summed E-state index contributed by atoms with van der Waals surface area (Å²) in [7, 11) is 0. The average molecular weight is 241 g/mol. The quantitative estimate of drug-likeness (QED) is 0.775. The molecule has 16 heavy (non-hydrogen) atoms. The van der Waals surface area contributed by atoms with Crippen molar-refractivity contribution in [3.05, 3.63) is 16.1 Å². The normalized spacial score (nSPS) is 21.1. The topological polar surface area (TPSA) is 79.5 Å². The summed E-state index contributed by atoms with van der Waals surface area (Å²) in [5.74, 6) is -0.102. The van der Waals surface area contributed by atoms with Gasteiger partial charge in [0.05, 0.1) is 6.10 Å². The number of aliphatic hydroxyl groups excluding tert-OH is 1. The number of thiazole rings is 1. The first kappa shape index (κ1) is 11.5. The minimum absolute atomic E-state index is 0.102. The number of nitrogens with zero attached hydrogens (tertiary/aromatic N) is 2. The number of hydrogen-bond acceptors (Lipinski definition) is 5. The number of likely N-dealkylation sites (tertiary alicyclic amines) is 1. The van der Waals surface area contributed by atoms with Gasteiger partial charge in [0.25, 0.3) is 5.91 Å². The molecule has 0 aliphatic carbocycles. The van der Waals surface area contributed by atoms with Gasteiger partial charge < -0.3 is 15.7 Å². The van der Waals surface area contributed by atoms with Gasteiger partial charge in [-0.05, 0) is 12.8 Å². The Morgan fingerprint density at radius 2 is 2.56 bits per heavy atom. The minimum atomic E-state index is -0.398. The van der Waals surface area contributed by atoms with Crippen molar-refractivity contribution in [2.75, 3.05) is 13.1 Å². The van der Waals surface area contributed by atoms with Crippen LogP contribution in [0, 0.1) is 0 Å². The second kappa shape index (κ2) is 4.90. The molecule has 1 aromatic heterocycles. The van der Waals surface area contributed by atoms with Crippen LogP contribution in [0.25, 0.3) is 0 Å². The molecule has 0 aromatic carbocycles. The van der Waals surface area contributed by atoms with Gasteiger partial charge in [0.2, 0.25) is 0 Å². The minimum Gasteiger partial charge on any atom is -0.391 e. The lowest BCUT2D eigenvalue weighted by Crippen LogP contribution is -2.42. The summed E-state index contributed by atoms with van der Waals surface area (Å²) in [6, 6.07) is 0. The molecule has 1 aliphatic rings. The highest BCUT2D eigenvalue weighted by molar-refractivity contribution is 7.09. The Bertz CT molecular complexity index is 380. The highest BCUT2D eigenvalue weighted by Gasteiger charge is 2.24. The van der Waals surface area contributed by atoms with Gasteiger partial charge in [0.1, 0.15) is 10.7 Å². The third-order valence-electron chi connectivity index (χ3n) is 2.63. The molecule has 88 valence electrons. The lowest BCUT2D eigenvalue weighted by Gasteiger charge is -2.29. The van der Waals surface area contributed by atoms with E-state index in [9.17, 15) is 9.90 Å². The number of piperidine rings is 1. The number of aliphatic hydroxyl groups is 1. The van der Waals surface area contributed by atoms with Crippen molar-refractivity contribution < 1.29 is 9.90 Å². The number of carbonyl (C=O) groups excluding carboxylic acids is 1. The van der Waals surface area contributed by atoms with Crippen molar-refractivity contribution in [1.29, 1.82) is 0 Å². The van der Waals surface area contributed by atoms with Gasteiger partial charge in [0, 0.05) is 25.0 Å². The molecule has 1 unspecified atom stereocenters. The standard InChI is InChI=1S/C10H15N3O2S/c11-4-9-12-8(6-16-9)10(15)13-3-1-2-7(14)5-13/h6-7,14H,1-5,11H2. The number of hydrogen-bond donors (Lipinski definition) is 2. The first-order valence-corrected chi connectivity index (χ1v) is 6.20. The third-order valence-corrected chi connectivity index (χ3v) is 3.50. The summed E-state index contributed by atoms with van der Waals surface area (Å²) < 4.78 is 0. The van der Waals surface area contributed by atoms with E-state index in [0.29, 0.717) is 25.3 Å². The first-order valence-electron chi connectivity index (χ1n) is 5.32. The molecule has 3 N–H and O–H groups in total. The molecule has 1 saturated heterocycles. The highest BCUT2D eigenvalue weighted by Crippen LogP contribution is 2.15. The molecule has 1 atom stereocenters. The van der Waals surface area contributed by atoms with Crippen molar-refractivity contribution in [2.45, 2.75) is 25.5 Å². The van der Waals surface area contributed by atoms with E-state index in [1.54, 1.807) is 10.3 Å². The Morgan fingerprint density at radius 3 is 3.19 bits per heavy atom. The highest BCUT2D eigenvalue weighted by atomic mass is 32.1. The van der Waals surface area contributed by atoms with Crippen LogP contribution in [0.15, 0.2) is 5.38 Å². The van der Waals surface area contributed by atoms with Crippen LogP contribution in [0.2, 0.25) is 0 Å². The number of nitrogens with two attached hydrogens (primary N) is 1. The fourth-order valence-electron chi connectivity index (χ4n) is 1.80. The third kappa shape index (κ3) is 2.40. The Morgan fingerprint density at radius 1 is 1.75 bits per heavy atom. The average Bonchev–Trinajstić information content (AvgIpc) is 2.76. The van der Waals surface area contributed by atoms with Gasteiger partial charge in [0.15, 0.2) is 0 Å². The van der Waals surface area contributed by atoms with Gasteiger partial charge in [-0.15, -0.1) is 11.3 Å². The maximum atomic E-state index is 12.0. The van der Waals surface area contributed by atoms with Crippen LogP contribution in [-0.2, 0) is 6.54 Å². The fourth-order valence-corrected chi connectivity index (χ4v) is 2.45. The van der Waals surface area contributed by atoms with Crippen LogP contribution >= 0.6 is 11.3 Å². The number of aromatic nitrogens is 1. The van der Waals surface area contributed by atoms with Gasteiger partial charge in [-0.2, -0.15) is 0 Å². The van der Waals surface area contributed by atoms with Crippen LogP contribution in [-0.4, -0.2) is 40.1 Å². The molecular formula is C10H15N3O2S. The van der Waals surface area contributed by atoms with E-state index in [1.807, 2.05) is 0 Å². The number of carbonyl (C=O) groups is 1. The molecule has 1 amide bonds.